The number of rotatable bonds is 30. The van der Waals surface area contributed by atoms with E-state index in [9.17, 15) is 0 Å². The third kappa shape index (κ3) is 19.3. The number of aromatic amines is 2. The summed E-state index contributed by atoms with van der Waals surface area (Å²) in [6.07, 6.45) is 41.0. The third-order valence-electron chi connectivity index (χ3n) is 22.4. The van der Waals surface area contributed by atoms with E-state index in [1.54, 1.807) is 0 Å². The van der Waals surface area contributed by atoms with Gasteiger partial charge in [-0.3, -0.25) is 9.97 Å². The van der Waals surface area contributed by atoms with Crippen LogP contribution < -0.4 is 0 Å². The Balaban J connectivity index is 1.02. The first-order valence-electron chi connectivity index (χ1n) is 41.6. The first kappa shape index (κ1) is 79.2. The van der Waals surface area contributed by atoms with Crippen molar-refractivity contribution in [3.63, 3.8) is 0 Å². The summed E-state index contributed by atoms with van der Waals surface area (Å²) >= 11 is 3.75. The molecule has 13 rings (SSSR count). The predicted molar refractivity (Wildman–Crippen MR) is 477 cm³/mol. The van der Waals surface area contributed by atoms with E-state index < -0.39 is 0 Å². The number of pyridine rings is 3. The highest BCUT2D eigenvalue weighted by atomic mass is 32.1. The smallest absolute Gasteiger partial charge is 0.0900 e. The van der Waals surface area contributed by atoms with Crippen molar-refractivity contribution in [2.24, 2.45) is 0 Å². The van der Waals surface area contributed by atoms with E-state index in [1.165, 1.54) is 176 Å². The summed E-state index contributed by atoms with van der Waals surface area (Å²) in [4.78, 5) is 38.7. The van der Waals surface area contributed by atoms with E-state index in [0.717, 1.165) is 131 Å². The SMILES string of the molecule is CCCCCCCCCCCCc1csc(-c2c3nc(c(-c4cc(C(C)(C)C)cc(C(C)(C)C)c4)c4ccc([nH]4)c(-c4cc(CCCCCCCCCCCC)c(-c5ccc(-c6cc(-c7ccccn7)nc(-c7ccccn7)c6)cc5)s4)c4nc(c(-c5cc(C(C)(C)C)cc(C(C)(C)C)c5)c5ccc2[nH]5)C=C4)C=C3)c1. The second-order valence-corrected chi connectivity index (χ2v) is 37.3. The number of thiophene rings is 2. The summed E-state index contributed by atoms with van der Waals surface area (Å²) in [7, 11) is 0. The van der Waals surface area contributed by atoms with Crippen LogP contribution in [0.5, 0.6) is 0 Å². The number of nitrogens with zero attached hydrogens (tertiary/aromatic N) is 5. The minimum atomic E-state index is -0.118. The Labute approximate surface area is 666 Å². The monoisotopic (exact) mass is 1490 g/mol. The van der Waals surface area contributed by atoms with E-state index in [0.29, 0.717) is 0 Å². The molecule has 110 heavy (non-hydrogen) atoms. The highest BCUT2D eigenvalue weighted by Crippen LogP contribution is 2.47. The number of fused-ring (bicyclic) bond motifs is 8. The number of aromatic nitrogens is 7. The van der Waals surface area contributed by atoms with E-state index in [1.807, 2.05) is 71.5 Å². The maximum Gasteiger partial charge on any atom is 0.0900 e. The lowest BCUT2D eigenvalue weighted by molar-refractivity contribution is 0.556. The fourth-order valence-corrected chi connectivity index (χ4v) is 17.9. The van der Waals surface area contributed by atoms with Gasteiger partial charge in [-0.05, 0) is 211 Å². The van der Waals surface area contributed by atoms with E-state index in [2.05, 4.69) is 246 Å². The molecule has 0 unspecified atom stereocenters. The van der Waals surface area contributed by atoms with Crippen molar-refractivity contribution in [2.75, 3.05) is 0 Å². The molecule has 11 aromatic rings. The molecule has 2 aliphatic rings. The van der Waals surface area contributed by atoms with Gasteiger partial charge in [0.2, 0.25) is 0 Å². The first-order valence-corrected chi connectivity index (χ1v) is 43.3. The van der Waals surface area contributed by atoms with E-state index >= 15 is 0 Å². The Bertz CT molecular complexity index is 5000. The second-order valence-electron chi connectivity index (χ2n) is 35.4. The summed E-state index contributed by atoms with van der Waals surface area (Å²) in [5, 5.41) is 2.41. The predicted octanol–water partition coefficient (Wildman–Crippen LogP) is 30.4. The zero-order valence-electron chi connectivity index (χ0n) is 68.5. The number of benzene rings is 3. The molecular formula is C101H119N7S2. The molecule has 9 heteroatoms. The number of unbranched alkanes of at least 4 members (excludes halogenated alkanes) is 18. The summed E-state index contributed by atoms with van der Waals surface area (Å²) in [5.74, 6) is 0. The van der Waals surface area contributed by atoms with Crippen LogP contribution in [0.3, 0.4) is 0 Å². The molecule has 8 bridgehead atoms. The van der Waals surface area contributed by atoms with Gasteiger partial charge in [0, 0.05) is 71.3 Å². The van der Waals surface area contributed by atoms with Crippen LogP contribution in [0.2, 0.25) is 0 Å². The zero-order valence-corrected chi connectivity index (χ0v) is 70.1. The minimum absolute atomic E-state index is 0.118. The van der Waals surface area contributed by atoms with Gasteiger partial charge < -0.3 is 9.97 Å². The normalized spacial score (nSPS) is 12.6. The minimum Gasteiger partial charge on any atom is -0.354 e. The molecule has 0 fully saturated rings. The molecule has 3 aromatic carbocycles. The summed E-state index contributed by atoms with van der Waals surface area (Å²) < 4.78 is 0. The van der Waals surface area contributed by atoms with Crippen molar-refractivity contribution >= 4 is 69.0 Å². The average Bonchev–Trinajstić information content (AvgIpc) is 1.60. The van der Waals surface area contributed by atoms with Crippen molar-refractivity contribution in [2.45, 2.75) is 260 Å². The standard InChI is InChI=1S/C101H119N7S2/c1-15-17-19-21-23-25-27-29-31-33-39-68-57-91(109-67-68)95-85-51-47-81(104-85)93(73-58-75(98(3,4)5)65-76(59-73)99(6,7)8)83-49-53-87(106-83)96(88-54-50-84(107-88)94(82-48-52-86(95)105-82)74-60-77(100(9,10)11)66-78(61-74)101(12,13)14)92-64-71(40-34-32-30-28-26-24-22-20-18-16-2)97(110-92)70-45-43-69(44-46-70)72-62-89(79-41-35-37-55-102-79)108-90(63-72)80-42-36-38-56-103-80/h35-38,41-67,104,107H,15-34,39-40H2,1-14H3. The molecule has 0 spiro atoms. The van der Waals surface area contributed by atoms with E-state index in [4.69, 9.17) is 24.9 Å². The van der Waals surface area contributed by atoms with Crippen LogP contribution in [-0.2, 0) is 34.5 Å². The van der Waals surface area contributed by atoms with Crippen LogP contribution in [-0.4, -0.2) is 34.9 Å². The molecule has 0 radical (unpaired) electrons. The summed E-state index contributed by atoms with van der Waals surface area (Å²) in [6.45, 7) is 32.7. The van der Waals surface area contributed by atoms with Crippen LogP contribution in [0.15, 0.2) is 163 Å². The summed E-state index contributed by atoms with van der Waals surface area (Å²) in [5.41, 5.74) is 28.6. The topological polar surface area (TPSA) is 96.0 Å². The largest absolute Gasteiger partial charge is 0.354 e. The van der Waals surface area contributed by atoms with Crippen LogP contribution in [0.25, 0.3) is 134 Å². The van der Waals surface area contributed by atoms with Gasteiger partial charge in [-0.2, -0.15) is 0 Å². The van der Waals surface area contributed by atoms with Crippen molar-refractivity contribution < 1.29 is 0 Å². The third-order valence-corrected chi connectivity index (χ3v) is 24.6. The zero-order chi connectivity index (χ0) is 77.2. The quantitative estimate of drug-likeness (QED) is 0.0437. The van der Waals surface area contributed by atoms with Crippen molar-refractivity contribution in [3.8, 4) is 87.5 Å². The lowest BCUT2D eigenvalue weighted by atomic mass is 9.78. The molecule has 570 valence electrons. The molecule has 0 aliphatic carbocycles. The molecule has 0 atom stereocenters. The lowest BCUT2D eigenvalue weighted by Crippen LogP contribution is -2.16. The molecule has 7 nitrogen and oxygen atoms in total. The molecule has 0 saturated carbocycles. The maximum atomic E-state index is 6.02. The van der Waals surface area contributed by atoms with Crippen LogP contribution in [0, 0.1) is 0 Å². The van der Waals surface area contributed by atoms with E-state index in [-0.39, 0.29) is 21.7 Å². The Morgan fingerprint density at radius 3 is 1.11 bits per heavy atom. The van der Waals surface area contributed by atoms with Gasteiger partial charge in [0.05, 0.1) is 45.6 Å². The molecule has 0 saturated heterocycles. The average molecular weight is 1500 g/mol. The van der Waals surface area contributed by atoms with Crippen molar-refractivity contribution in [1.29, 1.82) is 0 Å². The van der Waals surface area contributed by atoms with Gasteiger partial charge in [-0.15, -0.1) is 22.7 Å². The first-order chi connectivity index (χ1) is 53.0. The summed E-state index contributed by atoms with van der Waals surface area (Å²) in [6, 6.07) is 54.5. The van der Waals surface area contributed by atoms with Gasteiger partial charge in [-0.1, -0.05) is 285 Å². The molecule has 2 N–H and O–H groups in total. The highest BCUT2D eigenvalue weighted by molar-refractivity contribution is 7.19. The number of nitrogens with one attached hydrogen (secondary N) is 2. The number of hydrogen-bond acceptors (Lipinski definition) is 7. The van der Waals surface area contributed by atoms with Crippen LogP contribution in [0.1, 0.15) is 282 Å². The Hall–Kier alpha value is -8.89. The van der Waals surface area contributed by atoms with Gasteiger partial charge in [0.1, 0.15) is 0 Å². The number of H-pyrrole nitrogens is 2. The Morgan fingerprint density at radius 2 is 0.700 bits per heavy atom. The molecule has 0 amide bonds. The van der Waals surface area contributed by atoms with Gasteiger partial charge in [0.15, 0.2) is 0 Å². The molecule has 8 aromatic heterocycles. The molecule has 10 heterocycles. The molecular weight excluding hydrogens is 1380 g/mol. The van der Waals surface area contributed by atoms with Crippen LogP contribution >= 0.6 is 22.7 Å². The van der Waals surface area contributed by atoms with Crippen molar-refractivity contribution in [3.05, 3.63) is 220 Å². The fraction of sp³-hybridized carbons (Fsp3) is 0.396. The number of aryl methyl sites for hydroxylation is 2. The number of hydrogen-bond donors (Lipinski definition) is 2. The second kappa shape index (κ2) is 35.2. The van der Waals surface area contributed by atoms with Gasteiger partial charge in [-0.25, -0.2) is 15.0 Å². The highest BCUT2D eigenvalue weighted by Gasteiger charge is 2.28. The maximum absolute atomic E-state index is 6.02. The Morgan fingerprint density at radius 1 is 0.318 bits per heavy atom. The van der Waals surface area contributed by atoms with Gasteiger partial charge in [0.25, 0.3) is 0 Å². The Kier molecular flexibility index (Phi) is 25.4. The van der Waals surface area contributed by atoms with Gasteiger partial charge >= 0.3 is 0 Å². The lowest BCUT2D eigenvalue weighted by Gasteiger charge is -2.26. The molecule has 2 aliphatic heterocycles. The fourth-order valence-electron chi connectivity index (χ4n) is 15.6. The van der Waals surface area contributed by atoms with Crippen LogP contribution in [0.4, 0.5) is 0 Å². The van der Waals surface area contributed by atoms with Crippen molar-refractivity contribution in [1.82, 2.24) is 34.9 Å².